The van der Waals surface area contributed by atoms with Crippen molar-refractivity contribution in [1.82, 2.24) is 15.1 Å². The molecule has 2 saturated heterocycles. The molecule has 1 amide bonds. The fourth-order valence-corrected chi connectivity index (χ4v) is 3.62. The SMILES string of the molecule is O=C(C1CCCN(Cc2cccc(F)c2)C1)N1CCCNCC1. The highest BCUT2D eigenvalue weighted by Crippen LogP contribution is 2.21. The number of carbonyl (C=O) groups is 1. The number of halogens is 1. The number of nitrogens with one attached hydrogen (secondary N) is 1. The molecule has 0 aromatic heterocycles. The zero-order chi connectivity index (χ0) is 16.1. The molecule has 1 unspecified atom stereocenters. The van der Waals surface area contributed by atoms with Gasteiger partial charge in [0.15, 0.2) is 0 Å². The second-order valence-electron chi connectivity index (χ2n) is 6.63. The van der Waals surface area contributed by atoms with E-state index in [0.29, 0.717) is 5.91 Å². The fraction of sp³-hybridized carbons (Fsp3) is 0.611. The summed E-state index contributed by atoms with van der Waals surface area (Å²) in [4.78, 5) is 17.1. The topological polar surface area (TPSA) is 35.6 Å². The minimum atomic E-state index is -0.191. The Bertz CT molecular complexity index is 529. The Kier molecular flexibility index (Phi) is 5.62. The highest BCUT2D eigenvalue weighted by Gasteiger charge is 2.29. The monoisotopic (exact) mass is 319 g/mol. The first-order valence-electron chi connectivity index (χ1n) is 8.69. The average Bonchev–Trinajstić information content (AvgIpc) is 2.84. The molecule has 0 spiro atoms. The summed E-state index contributed by atoms with van der Waals surface area (Å²) >= 11 is 0. The Labute approximate surface area is 137 Å². The summed E-state index contributed by atoms with van der Waals surface area (Å²) in [5.41, 5.74) is 0.983. The zero-order valence-corrected chi connectivity index (χ0v) is 13.6. The summed E-state index contributed by atoms with van der Waals surface area (Å²) in [6, 6.07) is 6.77. The van der Waals surface area contributed by atoms with Crippen molar-refractivity contribution in [3.63, 3.8) is 0 Å². The van der Waals surface area contributed by atoms with Gasteiger partial charge in [0.1, 0.15) is 5.82 Å². The van der Waals surface area contributed by atoms with Gasteiger partial charge < -0.3 is 10.2 Å². The number of likely N-dealkylation sites (tertiary alicyclic amines) is 1. The standard InChI is InChI=1S/C18H26FN3O/c19-17-6-1-4-15(12-17)13-21-9-2-5-16(14-21)18(23)22-10-3-7-20-8-11-22/h1,4,6,12,16,20H,2-3,5,7-11,13-14H2. The van der Waals surface area contributed by atoms with E-state index in [0.717, 1.165) is 70.6 Å². The maximum Gasteiger partial charge on any atom is 0.227 e. The van der Waals surface area contributed by atoms with Gasteiger partial charge in [0.2, 0.25) is 5.91 Å². The number of hydrogen-bond donors (Lipinski definition) is 1. The lowest BCUT2D eigenvalue weighted by molar-refractivity contribution is -0.137. The third kappa shape index (κ3) is 4.52. The van der Waals surface area contributed by atoms with E-state index in [9.17, 15) is 9.18 Å². The van der Waals surface area contributed by atoms with Crippen molar-refractivity contribution in [3.05, 3.63) is 35.6 Å². The minimum absolute atomic E-state index is 0.0930. The maximum atomic E-state index is 13.3. The first-order chi connectivity index (χ1) is 11.2. The van der Waals surface area contributed by atoms with Crippen molar-refractivity contribution in [1.29, 1.82) is 0 Å². The van der Waals surface area contributed by atoms with Crippen LogP contribution in [0.25, 0.3) is 0 Å². The van der Waals surface area contributed by atoms with Crippen LogP contribution in [0.2, 0.25) is 0 Å². The number of hydrogen-bond acceptors (Lipinski definition) is 3. The molecule has 1 aromatic carbocycles. The molecule has 5 heteroatoms. The van der Waals surface area contributed by atoms with Crippen LogP contribution in [0, 0.1) is 11.7 Å². The van der Waals surface area contributed by atoms with Crippen LogP contribution < -0.4 is 5.32 Å². The molecule has 1 N–H and O–H groups in total. The van der Waals surface area contributed by atoms with Gasteiger partial charge in [0, 0.05) is 32.7 Å². The first kappa shape index (κ1) is 16.4. The van der Waals surface area contributed by atoms with E-state index in [1.165, 1.54) is 6.07 Å². The minimum Gasteiger partial charge on any atom is -0.341 e. The Morgan fingerprint density at radius 2 is 2.13 bits per heavy atom. The van der Waals surface area contributed by atoms with Crippen LogP contribution in [0.4, 0.5) is 4.39 Å². The largest absolute Gasteiger partial charge is 0.341 e. The van der Waals surface area contributed by atoms with Crippen molar-refractivity contribution < 1.29 is 9.18 Å². The van der Waals surface area contributed by atoms with E-state index >= 15 is 0 Å². The van der Waals surface area contributed by atoms with Gasteiger partial charge in [-0.1, -0.05) is 12.1 Å². The third-order valence-electron chi connectivity index (χ3n) is 4.80. The molecule has 4 nitrogen and oxygen atoms in total. The van der Waals surface area contributed by atoms with E-state index in [4.69, 9.17) is 0 Å². The highest BCUT2D eigenvalue weighted by molar-refractivity contribution is 5.79. The van der Waals surface area contributed by atoms with E-state index < -0.39 is 0 Å². The van der Waals surface area contributed by atoms with Crippen LogP contribution >= 0.6 is 0 Å². The Morgan fingerprint density at radius 1 is 1.22 bits per heavy atom. The van der Waals surface area contributed by atoms with Gasteiger partial charge in [-0.05, 0) is 50.0 Å². The number of benzene rings is 1. The van der Waals surface area contributed by atoms with Gasteiger partial charge in [-0.2, -0.15) is 0 Å². The average molecular weight is 319 g/mol. The van der Waals surface area contributed by atoms with Gasteiger partial charge >= 0.3 is 0 Å². The fourth-order valence-electron chi connectivity index (χ4n) is 3.62. The summed E-state index contributed by atoms with van der Waals surface area (Å²) in [5, 5.41) is 3.34. The van der Waals surface area contributed by atoms with Crippen LogP contribution in [-0.2, 0) is 11.3 Å². The van der Waals surface area contributed by atoms with Crippen LogP contribution in [0.1, 0.15) is 24.8 Å². The van der Waals surface area contributed by atoms with E-state index in [1.54, 1.807) is 12.1 Å². The number of piperidine rings is 1. The molecule has 23 heavy (non-hydrogen) atoms. The molecular weight excluding hydrogens is 293 g/mol. The molecule has 0 aliphatic carbocycles. The molecule has 1 aromatic rings. The molecule has 0 saturated carbocycles. The molecular formula is C18H26FN3O. The van der Waals surface area contributed by atoms with Crippen LogP contribution in [-0.4, -0.2) is 55.0 Å². The molecule has 2 aliphatic rings. The second kappa shape index (κ2) is 7.88. The molecule has 126 valence electrons. The predicted molar refractivity (Wildman–Crippen MR) is 88.5 cm³/mol. The second-order valence-corrected chi connectivity index (χ2v) is 6.63. The van der Waals surface area contributed by atoms with Gasteiger partial charge in [-0.15, -0.1) is 0 Å². The summed E-state index contributed by atoms with van der Waals surface area (Å²) in [6.45, 7) is 6.08. The normalized spacial score (nSPS) is 23.5. The number of rotatable bonds is 3. The van der Waals surface area contributed by atoms with Crippen molar-refractivity contribution in [3.8, 4) is 0 Å². The smallest absolute Gasteiger partial charge is 0.227 e. The van der Waals surface area contributed by atoms with E-state index in [1.807, 2.05) is 11.0 Å². The summed E-state index contributed by atoms with van der Waals surface area (Å²) in [7, 11) is 0. The number of amides is 1. The van der Waals surface area contributed by atoms with Crippen molar-refractivity contribution >= 4 is 5.91 Å². The highest BCUT2D eigenvalue weighted by atomic mass is 19.1. The number of nitrogens with zero attached hydrogens (tertiary/aromatic N) is 2. The predicted octanol–water partition coefficient (Wildman–Crippen LogP) is 1.86. The van der Waals surface area contributed by atoms with Crippen molar-refractivity contribution in [2.45, 2.75) is 25.8 Å². The Hall–Kier alpha value is -1.46. The van der Waals surface area contributed by atoms with Crippen LogP contribution in [0.15, 0.2) is 24.3 Å². The van der Waals surface area contributed by atoms with Crippen LogP contribution in [0.3, 0.4) is 0 Å². The van der Waals surface area contributed by atoms with Gasteiger partial charge in [0.25, 0.3) is 0 Å². The third-order valence-corrected chi connectivity index (χ3v) is 4.80. The molecule has 0 radical (unpaired) electrons. The first-order valence-corrected chi connectivity index (χ1v) is 8.69. The van der Waals surface area contributed by atoms with Crippen molar-refractivity contribution in [2.24, 2.45) is 5.92 Å². The van der Waals surface area contributed by atoms with Gasteiger partial charge in [-0.3, -0.25) is 9.69 Å². The zero-order valence-electron chi connectivity index (χ0n) is 13.6. The summed E-state index contributed by atoms with van der Waals surface area (Å²) in [6.07, 6.45) is 3.05. The Morgan fingerprint density at radius 3 is 3.00 bits per heavy atom. The summed E-state index contributed by atoms with van der Waals surface area (Å²) < 4.78 is 13.3. The van der Waals surface area contributed by atoms with E-state index in [-0.39, 0.29) is 11.7 Å². The lowest BCUT2D eigenvalue weighted by atomic mass is 9.96. The maximum absolute atomic E-state index is 13.3. The molecule has 3 rings (SSSR count). The summed E-state index contributed by atoms with van der Waals surface area (Å²) in [5.74, 6) is 0.206. The number of carbonyl (C=O) groups excluding carboxylic acids is 1. The molecule has 2 heterocycles. The van der Waals surface area contributed by atoms with Crippen LogP contribution in [0.5, 0.6) is 0 Å². The molecule has 1 atom stereocenters. The molecule has 2 fully saturated rings. The lowest BCUT2D eigenvalue weighted by Gasteiger charge is -2.34. The Balaban J connectivity index is 1.57. The lowest BCUT2D eigenvalue weighted by Crippen LogP contribution is -2.45. The van der Waals surface area contributed by atoms with Gasteiger partial charge in [0.05, 0.1) is 5.92 Å². The molecule has 0 bridgehead atoms. The quantitative estimate of drug-likeness (QED) is 0.924. The van der Waals surface area contributed by atoms with Crippen molar-refractivity contribution in [2.75, 3.05) is 39.3 Å². The van der Waals surface area contributed by atoms with Gasteiger partial charge in [-0.25, -0.2) is 4.39 Å². The molecule has 2 aliphatic heterocycles. The van der Waals surface area contributed by atoms with E-state index in [2.05, 4.69) is 10.2 Å².